The Balaban J connectivity index is 1.63. The van der Waals surface area contributed by atoms with Crippen LogP contribution in [0.2, 0.25) is 0 Å². The molecule has 1 fully saturated rings. The Labute approximate surface area is 193 Å². The lowest BCUT2D eigenvalue weighted by molar-refractivity contribution is -0.277. The van der Waals surface area contributed by atoms with Crippen molar-refractivity contribution in [2.24, 2.45) is 0 Å². The molecule has 1 aliphatic heterocycles. The van der Waals surface area contributed by atoms with E-state index in [1.807, 2.05) is 0 Å². The molecule has 11 nitrogen and oxygen atoms in total. The third-order valence-corrected chi connectivity index (χ3v) is 4.93. The number of carbonyl (C=O) groups excluding carboxylic acids is 1. The van der Waals surface area contributed by atoms with E-state index in [9.17, 15) is 40.5 Å². The molecule has 0 amide bonds. The molecule has 0 aromatic heterocycles. The molecule has 5 unspecified atom stereocenters. The number of esters is 1. The third kappa shape index (κ3) is 6.04. The first-order chi connectivity index (χ1) is 16.2. The van der Waals surface area contributed by atoms with E-state index in [2.05, 4.69) is 0 Å². The minimum atomic E-state index is -1.66. The van der Waals surface area contributed by atoms with Gasteiger partial charge in [0.2, 0.25) is 6.29 Å². The van der Waals surface area contributed by atoms with Gasteiger partial charge in [-0.3, -0.25) is 0 Å². The standard InChI is InChI=1S/C23H24O11/c24-11-18-20(29)21(30)22(31)23(34-18)33-17-10-12(2-5-15(17)26)3-6-19(28)32-8-7-13-1-4-14(25)16(27)9-13/h1-10,18,20-27,29-31H,11H2. The van der Waals surface area contributed by atoms with E-state index in [-0.39, 0.29) is 23.0 Å². The van der Waals surface area contributed by atoms with Gasteiger partial charge in [-0.25, -0.2) is 4.79 Å². The van der Waals surface area contributed by atoms with Crippen LogP contribution in [0.4, 0.5) is 0 Å². The first-order valence-electron chi connectivity index (χ1n) is 10.1. The second-order valence-corrected chi connectivity index (χ2v) is 7.36. The Morgan fingerprint density at radius 3 is 2.24 bits per heavy atom. The molecular formula is C23H24O11. The summed E-state index contributed by atoms with van der Waals surface area (Å²) in [6.45, 7) is -0.635. The monoisotopic (exact) mass is 476 g/mol. The van der Waals surface area contributed by atoms with E-state index in [0.29, 0.717) is 11.1 Å². The fourth-order valence-corrected chi connectivity index (χ4v) is 3.05. The highest BCUT2D eigenvalue weighted by atomic mass is 16.7. The zero-order valence-corrected chi connectivity index (χ0v) is 17.6. The predicted molar refractivity (Wildman–Crippen MR) is 116 cm³/mol. The molecule has 3 rings (SSSR count). The average Bonchev–Trinajstić information content (AvgIpc) is 2.82. The Morgan fingerprint density at radius 1 is 0.882 bits per heavy atom. The molecule has 34 heavy (non-hydrogen) atoms. The lowest BCUT2D eigenvalue weighted by Crippen LogP contribution is -2.60. The second-order valence-electron chi connectivity index (χ2n) is 7.36. The van der Waals surface area contributed by atoms with E-state index >= 15 is 0 Å². The summed E-state index contributed by atoms with van der Waals surface area (Å²) in [5.41, 5.74) is 0.891. The SMILES string of the molecule is O=C(C=Cc1ccc(O)c(OC2OC(CO)C(O)C(O)C2O)c1)OC=Cc1ccc(O)c(O)c1. The number of aliphatic hydroxyl groups is 4. The molecule has 0 bridgehead atoms. The van der Waals surface area contributed by atoms with Crippen molar-refractivity contribution in [3.63, 3.8) is 0 Å². The van der Waals surface area contributed by atoms with Crippen LogP contribution in [0, 0.1) is 0 Å². The van der Waals surface area contributed by atoms with E-state index in [1.54, 1.807) is 0 Å². The zero-order chi connectivity index (χ0) is 24.8. The maximum Gasteiger partial charge on any atom is 0.335 e. The van der Waals surface area contributed by atoms with Gasteiger partial charge in [-0.2, -0.15) is 0 Å². The van der Waals surface area contributed by atoms with Crippen molar-refractivity contribution in [2.75, 3.05) is 6.61 Å². The molecule has 2 aromatic carbocycles. The van der Waals surface area contributed by atoms with Crippen molar-refractivity contribution in [3.8, 4) is 23.0 Å². The van der Waals surface area contributed by atoms with Gasteiger partial charge in [0.15, 0.2) is 23.0 Å². The van der Waals surface area contributed by atoms with E-state index in [0.717, 1.165) is 12.3 Å². The fourth-order valence-electron chi connectivity index (χ4n) is 3.05. The maximum atomic E-state index is 11.9. The Bertz CT molecular complexity index is 1060. The molecule has 0 radical (unpaired) electrons. The van der Waals surface area contributed by atoms with Gasteiger partial charge >= 0.3 is 5.97 Å². The number of phenols is 3. The Kier molecular flexibility index (Phi) is 8.10. The Hall–Kier alpha value is -3.61. The van der Waals surface area contributed by atoms with E-state index in [1.165, 1.54) is 48.6 Å². The van der Waals surface area contributed by atoms with Gasteiger partial charge in [-0.1, -0.05) is 12.1 Å². The number of aliphatic hydroxyl groups excluding tert-OH is 4. The minimum Gasteiger partial charge on any atom is -0.504 e. The highest BCUT2D eigenvalue weighted by Crippen LogP contribution is 2.31. The molecule has 7 N–H and O–H groups in total. The Morgan fingerprint density at radius 2 is 1.56 bits per heavy atom. The molecule has 182 valence electrons. The second kappa shape index (κ2) is 11.0. The minimum absolute atomic E-state index is 0.146. The van der Waals surface area contributed by atoms with Crippen LogP contribution in [0.15, 0.2) is 48.7 Å². The van der Waals surface area contributed by atoms with Gasteiger partial charge in [-0.15, -0.1) is 0 Å². The largest absolute Gasteiger partial charge is 0.504 e. The topological polar surface area (TPSA) is 186 Å². The molecule has 1 saturated heterocycles. The number of aromatic hydroxyl groups is 3. The molecule has 1 heterocycles. The summed E-state index contributed by atoms with van der Waals surface area (Å²) in [4.78, 5) is 11.9. The molecule has 1 aliphatic rings. The van der Waals surface area contributed by atoms with Gasteiger partial charge in [0.05, 0.1) is 12.9 Å². The first kappa shape index (κ1) is 25.0. The molecular weight excluding hydrogens is 452 g/mol. The summed E-state index contributed by atoms with van der Waals surface area (Å²) in [6.07, 6.45) is -2.56. The van der Waals surface area contributed by atoms with Crippen molar-refractivity contribution < 1.29 is 54.8 Å². The highest BCUT2D eigenvalue weighted by molar-refractivity contribution is 5.87. The van der Waals surface area contributed by atoms with Crippen molar-refractivity contribution in [3.05, 3.63) is 59.9 Å². The van der Waals surface area contributed by atoms with Gasteiger partial charge in [0.1, 0.15) is 24.4 Å². The van der Waals surface area contributed by atoms with Crippen LogP contribution in [-0.4, -0.2) is 79.0 Å². The van der Waals surface area contributed by atoms with Crippen LogP contribution in [0.1, 0.15) is 11.1 Å². The highest BCUT2D eigenvalue weighted by Gasteiger charge is 2.44. The van der Waals surface area contributed by atoms with Crippen LogP contribution in [0.5, 0.6) is 23.0 Å². The van der Waals surface area contributed by atoms with Crippen molar-refractivity contribution in [2.45, 2.75) is 30.7 Å². The number of rotatable bonds is 7. The van der Waals surface area contributed by atoms with Gasteiger partial charge < -0.3 is 50.0 Å². The van der Waals surface area contributed by atoms with E-state index < -0.39 is 43.3 Å². The van der Waals surface area contributed by atoms with Crippen LogP contribution in [0.3, 0.4) is 0 Å². The third-order valence-electron chi connectivity index (χ3n) is 4.93. The molecule has 0 saturated carbocycles. The molecule has 5 atom stereocenters. The van der Waals surface area contributed by atoms with Gasteiger partial charge in [0.25, 0.3) is 0 Å². The smallest absolute Gasteiger partial charge is 0.335 e. The number of carbonyl (C=O) groups is 1. The van der Waals surface area contributed by atoms with Crippen LogP contribution < -0.4 is 4.74 Å². The average molecular weight is 476 g/mol. The predicted octanol–water partition coefficient (Wildman–Crippen LogP) is 0.209. The fraction of sp³-hybridized carbons (Fsp3) is 0.261. The molecule has 11 heteroatoms. The lowest BCUT2D eigenvalue weighted by atomic mass is 9.99. The van der Waals surface area contributed by atoms with Crippen molar-refractivity contribution in [1.29, 1.82) is 0 Å². The van der Waals surface area contributed by atoms with Crippen LogP contribution in [-0.2, 0) is 14.3 Å². The number of benzene rings is 2. The summed E-state index contributed by atoms with van der Waals surface area (Å²) >= 11 is 0. The van der Waals surface area contributed by atoms with Crippen LogP contribution in [0.25, 0.3) is 12.2 Å². The summed E-state index contributed by atoms with van der Waals surface area (Å²) in [5, 5.41) is 67.8. The summed E-state index contributed by atoms with van der Waals surface area (Å²) in [6, 6.07) is 8.13. The number of hydrogen-bond acceptors (Lipinski definition) is 11. The van der Waals surface area contributed by atoms with Crippen LogP contribution >= 0.6 is 0 Å². The first-order valence-corrected chi connectivity index (χ1v) is 10.1. The normalized spacial score (nSPS) is 25.0. The molecule has 0 spiro atoms. The number of phenolic OH excluding ortho intramolecular Hbond substituents is 3. The number of ether oxygens (including phenoxy) is 3. The maximum absolute atomic E-state index is 11.9. The molecule has 2 aromatic rings. The zero-order valence-electron chi connectivity index (χ0n) is 17.6. The quantitative estimate of drug-likeness (QED) is 0.125. The van der Waals surface area contributed by atoms with Gasteiger partial charge in [0, 0.05) is 6.08 Å². The molecule has 0 aliphatic carbocycles. The summed E-state index contributed by atoms with van der Waals surface area (Å²) in [7, 11) is 0. The van der Waals surface area contributed by atoms with Crippen molar-refractivity contribution in [1.82, 2.24) is 0 Å². The van der Waals surface area contributed by atoms with E-state index in [4.69, 9.17) is 14.2 Å². The summed E-state index contributed by atoms with van der Waals surface area (Å²) in [5.74, 6) is -1.80. The van der Waals surface area contributed by atoms with Gasteiger partial charge in [-0.05, 0) is 47.5 Å². The van der Waals surface area contributed by atoms with Crippen molar-refractivity contribution >= 4 is 18.1 Å². The number of hydrogen-bond donors (Lipinski definition) is 7. The lowest BCUT2D eigenvalue weighted by Gasteiger charge is -2.39. The summed E-state index contributed by atoms with van der Waals surface area (Å²) < 4.78 is 15.6.